The van der Waals surface area contributed by atoms with E-state index in [9.17, 15) is 0 Å². The van der Waals surface area contributed by atoms with Crippen LogP contribution in [0.4, 0.5) is 0 Å². The highest BCUT2D eigenvalue weighted by molar-refractivity contribution is 7.07. The molecule has 0 aliphatic rings. The van der Waals surface area contributed by atoms with Crippen molar-refractivity contribution in [2.45, 2.75) is 20.0 Å². The first-order valence-electron chi connectivity index (χ1n) is 6.03. The molecule has 2 heterocycles. The Hall–Kier alpha value is -1.17. The molecule has 2 aromatic heterocycles. The summed E-state index contributed by atoms with van der Waals surface area (Å²) in [6, 6.07) is 2.14. The van der Waals surface area contributed by atoms with E-state index in [0.717, 1.165) is 26.2 Å². The molecule has 0 bridgehead atoms. The number of aromatic nitrogens is 2. The standard InChI is InChI=1S/C13H19N3OS/c1-11-13(7-14-4-5-17-2)8-15-16(11)9-12-3-6-18-10-12/h3,6,8,10,14H,4-5,7,9H2,1-2H3. The van der Waals surface area contributed by atoms with Crippen molar-refractivity contribution >= 4 is 11.3 Å². The third-order valence-electron chi connectivity index (χ3n) is 2.92. The summed E-state index contributed by atoms with van der Waals surface area (Å²) < 4.78 is 7.05. The van der Waals surface area contributed by atoms with Crippen LogP contribution >= 0.6 is 11.3 Å². The third-order valence-corrected chi connectivity index (χ3v) is 3.65. The summed E-state index contributed by atoms with van der Waals surface area (Å²) in [5.74, 6) is 0. The second-order valence-electron chi connectivity index (χ2n) is 4.21. The van der Waals surface area contributed by atoms with E-state index in [1.54, 1.807) is 18.4 Å². The van der Waals surface area contributed by atoms with Gasteiger partial charge in [0.1, 0.15) is 0 Å². The van der Waals surface area contributed by atoms with Gasteiger partial charge in [0.15, 0.2) is 0 Å². The van der Waals surface area contributed by atoms with Crippen LogP contribution in [0.2, 0.25) is 0 Å². The average molecular weight is 265 g/mol. The van der Waals surface area contributed by atoms with E-state index < -0.39 is 0 Å². The van der Waals surface area contributed by atoms with Gasteiger partial charge < -0.3 is 10.1 Å². The lowest BCUT2D eigenvalue weighted by atomic mass is 10.2. The van der Waals surface area contributed by atoms with Crippen LogP contribution < -0.4 is 5.32 Å². The maximum absolute atomic E-state index is 5.00. The minimum absolute atomic E-state index is 0.738. The smallest absolute Gasteiger partial charge is 0.0670 e. The lowest BCUT2D eigenvalue weighted by Crippen LogP contribution is -2.18. The summed E-state index contributed by atoms with van der Waals surface area (Å²) in [5, 5.41) is 12.0. The van der Waals surface area contributed by atoms with Gasteiger partial charge in [0.25, 0.3) is 0 Å². The van der Waals surface area contributed by atoms with E-state index in [0.29, 0.717) is 0 Å². The van der Waals surface area contributed by atoms with Crippen molar-refractivity contribution in [3.63, 3.8) is 0 Å². The molecule has 18 heavy (non-hydrogen) atoms. The molecule has 0 saturated heterocycles. The van der Waals surface area contributed by atoms with Gasteiger partial charge in [0, 0.05) is 31.5 Å². The predicted molar refractivity (Wildman–Crippen MR) is 74.0 cm³/mol. The van der Waals surface area contributed by atoms with Crippen LogP contribution in [0.15, 0.2) is 23.0 Å². The molecule has 4 nitrogen and oxygen atoms in total. The molecule has 1 N–H and O–H groups in total. The fourth-order valence-electron chi connectivity index (χ4n) is 1.77. The Labute approximate surface area is 112 Å². The van der Waals surface area contributed by atoms with Crippen LogP contribution in [0.5, 0.6) is 0 Å². The van der Waals surface area contributed by atoms with Crippen molar-refractivity contribution in [2.75, 3.05) is 20.3 Å². The Bertz CT molecular complexity index is 465. The van der Waals surface area contributed by atoms with Crippen molar-refractivity contribution in [3.8, 4) is 0 Å². The SMILES string of the molecule is COCCNCc1cnn(Cc2ccsc2)c1C. The van der Waals surface area contributed by atoms with Crippen molar-refractivity contribution in [1.29, 1.82) is 0 Å². The van der Waals surface area contributed by atoms with Gasteiger partial charge in [-0.2, -0.15) is 16.4 Å². The van der Waals surface area contributed by atoms with Gasteiger partial charge in [0.05, 0.1) is 19.3 Å². The Morgan fingerprint density at radius 2 is 2.39 bits per heavy atom. The van der Waals surface area contributed by atoms with E-state index in [-0.39, 0.29) is 0 Å². The molecular weight excluding hydrogens is 246 g/mol. The molecule has 98 valence electrons. The van der Waals surface area contributed by atoms with Crippen LogP contribution in [0.3, 0.4) is 0 Å². The Morgan fingerprint density at radius 3 is 3.11 bits per heavy atom. The quantitative estimate of drug-likeness (QED) is 0.779. The molecule has 0 aromatic carbocycles. The topological polar surface area (TPSA) is 39.1 Å². The van der Waals surface area contributed by atoms with E-state index >= 15 is 0 Å². The predicted octanol–water partition coefficient (Wildman–Crippen LogP) is 2.04. The maximum atomic E-state index is 5.00. The molecule has 0 spiro atoms. The summed E-state index contributed by atoms with van der Waals surface area (Å²) in [7, 11) is 1.71. The molecule has 2 rings (SSSR count). The number of nitrogens with one attached hydrogen (secondary N) is 1. The van der Waals surface area contributed by atoms with E-state index in [4.69, 9.17) is 4.74 Å². The molecule has 2 aromatic rings. The number of hydrogen-bond acceptors (Lipinski definition) is 4. The maximum Gasteiger partial charge on any atom is 0.0670 e. The number of thiophene rings is 1. The molecule has 0 aliphatic carbocycles. The van der Waals surface area contributed by atoms with Crippen LogP contribution in [0, 0.1) is 6.92 Å². The summed E-state index contributed by atoms with van der Waals surface area (Å²) in [6.45, 7) is 5.42. The van der Waals surface area contributed by atoms with Gasteiger partial charge in [-0.05, 0) is 29.3 Å². The molecule has 0 saturated carbocycles. The number of ether oxygens (including phenoxy) is 1. The number of nitrogens with zero attached hydrogens (tertiary/aromatic N) is 2. The second kappa shape index (κ2) is 6.68. The molecule has 5 heteroatoms. The summed E-state index contributed by atoms with van der Waals surface area (Å²) in [5.41, 5.74) is 3.79. The second-order valence-corrected chi connectivity index (χ2v) is 4.99. The van der Waals surface area contributed by atoms with Gasteiger partial charge in [-0.3, -0.25) is 4.68 Å². The molecule has 0 fully saturated rings. The summed E-state index contributed by atoms with van der Waals surface area (Å²) >= 11 is 1.72. The number of rotatable bonds is 7. The van der Waals surface area contributed by atoms with E-state index in [1.165, 1.54) is 16.8 Å². The third kappa shape index (κ3) is 3.41. The minimum atomic E-state index is 0.738. The lowest BCUT2D eigenvalue weighted by molar-refractivity contribution is 0.199. The summed E-state index contributed by atoms with van der Waals surface area (Å²) in [6.07, 6.45) is 1.95. The highest BCUT2D eigenvalue weighted by atomic mass is 32.1. The van der Waals surface area contributed by atoms with Gasteiger partial charge in [-0.1, -0.05) is 0 Å². The molecule has 0 radical (unpaired) electrons. The first-order chi connectivity index (χ1) is 8.81. The van der Waals surface area contributed by atoms with E-state index in [2.05, 4.69) is 38.8 Å². The Morgan fingerprint density at radius 1 is 1.50 bits per heavy atom. The van der Waals surface area contributed by atoms with Crippen molar-refractivity contribution in [2.24, 2.45) is 0 Å². The molecular formula is C13H19N3OS. The van der Waals surface area contributed by atoms with Gasteiger partial charge in [-0.25, -0.2) is 0 Å². The summed E-state index contributed by atoms with van der Waals surface area (Å²) in [4.78, 5) is 0. The lowest BCUT2D eigenvalue weighted by Gasteiger charge is -2.05. The number of methoxy groups -OCH3 is 1. The fourth-order valence-corrected chi connectivity index (χ4v) is 2.43. The largest absolute Gasteiger partial charge is 0.383 e. The van der Waals surface area contributed by atoms with Crippen molar-refractivity contribution in [1.82, 2.24) is 15.1 Å². The van der Waals surface area contributed by atoms with Gasteiger partial charge >= 0.3 is 0 Å². The van der Waals surface area contributed by atoms with Crippen LogP contribution in [-0.2, 0) is 17.8 Å². The Kier molecular flexibility index (Phi) is 4.92. The Balaban J connectivity index is 1.91. The van der Waals surface area contributed by atoms with Gasteiger partial charge in [-0.15, -0.1) is 0 Å². The van der Waals surface area contributed by atoms with Crippen LogP contribution in [-0.4, -0.2) is 30.0 Å². The highest BCUT2D eigenvalue weighted by Gasteiger charge is 2.06. The normalized spacial score (nSPS) is 11.0. The van der Waals surface area contributed by atoms with Gasteiger partial charge in [0.2, 0.25) is 0 Å². The highest BCUT2D eigenvalue weighted by Crippen LogP contribution is 2.12. The first kappa shape index (κ1) is 13.3. The fraction of sp³-hybridized carbons (Fsp3) is 0.462. The molecule has 0 amide bonds. The van der Waals surface area contributed by atoms with Crippen LogP contribution in [0.1, 0.15) is 16.8 Å². The zero-order valence-corrected chi connectivity index (χ0v) is 11.7. The van der Waals surface area contributed by atoms with Crippen LogP contribution in [0.25, 0.3) is 0 Å². The minimum Gasteiger partial charge on any atom is -0.383 e. The zero-order chi connectivity index (χ0) is 12.8. The molecule has 0 unspecified atom stereocenters. The van der Waals surface area contributed by atoms with Crippen molar-refractivity contribution in [3.05, 3.63) is 39.8 Å². The number of hydrogen-bond donors (Lipinski definition) is 1. The molecule has 0 atom stereocenters. The first-order valence-corrected chi connectivity index (χ1v) is 6.97. The van der Waals surface area contributed by atoms with E-state index in [1.807, 2.05) is 6.20 Å². The van der Waals surface area contributed by atoms with Crippen molar-refractivity contribution < 1.29 is 4.74 Å². The average Bonchev–Trinajstić information content (AvgIpc) is 2.99. The monoisotopic (exact) mass is 265 g/mol. The zero-order valence-electron chi connectivity index (χ0n) is 10.8. The molecule has 0 aliphatic heterocycles.